The first-order valence-corrected chi connectivity index (χ1v) is 7.45. The Bertz CT molecular complexity index is 423. The number of carboxylic acids is 1. The third-order valence-corrected chi connectivity index (χ3v) is 4.82. The summed E-state index contributed by atoms with van der Waals surface area (Å²) < 4.78 is 0. The number of nitrogens with zero attached hydrogens (tertiary/aromatic N) is 2. The Balaban J connectivity index is 2.12. The molecule has 1 aromatic heterocycles. The average Bonchev–Trinajstić information content (AvgIpc) is 2.83. The van der Waals surface area contributed by atoms with Crippen LogP contribution in [-0.4, -0.2) is 29.1 Å². The normalized spacial score (nSPS) is 17.1. The molecule has 1 aromatic rings. The lowest BCUT2D eigenvalue weighted by atomic mass is 9.95. The van der Waals surface area contributed by atoms with E-state index in [0.29, 0.717) is 11.3 Å². The SMILES string of the molecule is CCc1nc(N2CCC(CC)CC2)sc1C(=O)O. The molecule has 0 atom stereocenters. The van der Waals surface area contributed by atoms with Gasteiger partial charge in [-0.05, 0) is 25.2 Å². The van der Waals surface area contributed by atoms with Gasteiger partial charge in [-0.15, -0.1) is 0 Å². The van der Waals surface area contributed by atoms with Crippen LogP contribution in [0.2, 0.25) is 0 Å². The zero-order valence-corrected chi connectivity index (χ0v) is 11.8. The van der Waals surface area contributed by atoms with E-state index in [4.69, 9.17) is 5.11 Å². The molecular weight excluding hydrogens is 248 g/mol. The summed E-state index contributed by atoms with van der Waals surface area (Å²) in [6.45, 7) is 6.21. The average molecular weight is 268 g/mol. The van der Waals surface area contributed by atoms with Crippen LogP contribution in [0.1, 0.15) is 48.5 Å². The minimum Gasteiger partial charge on any atom is -0.477 e. The van der Waals surface area contributed by atoms with Crippen molar-refractivity contribution < 1.29 is 9.90 Å². The molecule has 18 heavy (non-hydrogen) atoms. The summed E-state index contributed by atoms with van der Waals surface area (Å²) in [5.74, 6) is -0.0233. The van der Waals surface area contributed by atoms with Gasteiger partial charge in [0.1, 0.15) is 4.88 Å². The number of aromatic carboxylic acids is 1. The fourth-order valence-electron chi connectivity index (χ4n) is 2.41. The quantitative estimate of drug-likeness (QED) is 0.912. The molecule has 0 spiro atoms. The summed E-state index contributed by atoms with van der Waals surface area (Å²) in [7, 11) is 0. The first-order valence-electron chi connectivity index (χ1n) is 6.63. The van der Waals surface area contributed by atoms with Crippen molar-refractivity contribution in [2.24, 2.45) is 5.92 Å². The van der Waals surface area contributed by atoms with Crippen LogP contribution in [0.25, 0.3) is 0 Å². The standard InChI is InChI=1S/C13H20N2O2S/c1-3-9-5-7-15(8-6-9)13-14-10(4-2)11(18-13)12(16)17/h9H,3-8H2,1-2H3,(H,16,17). The van der Waals surface area contributed by atoms with E-state index < -0.39 is 5.97 Å². The largest absolute Gasteiger partial charge is 0.477 e. The number of anilines is 1. The molecule has 0 bridgehead atoms. The smallest absolute Gasteiger partial charge is 0.347 e. The fraction of sp³-hybridized carbons (Fsp3) is 0.692. The van der Waals surface area contributed by atoms with Crippen molar-refractivity contribution in [2.45, 2.75) is 39.5 Å². The maximum Gasteiger partial charge on any atom is 0.347 e. The number of rotatable bonds is 4. The number of hydrogen-bond acceptors (Lipinski definition) is 4. The number of carbonyl (C=O) groups is 1. The summed E-state index contributed by atoms with van der Waals surface area (Å²) in [5.41, 5.74) is 0.722. The number of aromatic nitrogens is 1. The minimum absolute atomic E-state index is 0.408. The van der Waals surface area contributed by atoms with E-state index in [1.165, 1.54) is 30.6 Å². The van der Waals surface area contributed by atoms with Crippen LogP contribution < -0.4 is 4.90 Å². The number of thiazole rings is 1. The molecule has 4 nitrogen and oxygen atoms in total. The number of aryl methyl sites for hydroxylation is 1. The summed E-state index contributed by atoms with van der Waals surface area (Å²) in [6, 6.07) is 0. The van der Waals surface area contributed by atoms with Gasteiger partial charge in [-0.25, -0.2) is 9.78 Å². The highest BCUT2D eigenvalue weighted by Gasteiger charge is 2.23. The van der Waals surface area contributed by atoms with Gasteiger partial charge in [0, 0.05) is 13.1 Å². The monoisotopic (exact) mass is 268 g/mol. The molecule has 0 unspecified atom stereocenters. The van der Waals surface area contributed by atoms with E-state index in [1.807, 2.05) is 6.92 Å². The van der Waals surface area contributed by atoms with Crippen LogP contribution in [0.4, 0.5) is 5.13 Å². The molecule has 1 saturated heterocycles. The molecule has 100 valence electrons. The first kappa shape index (κ1) is 13.3. The van der Waals surface area contributed by atoms with Gasteiger partial charge >= 0.3 is 5.97 Å². The van der Waals surface area contributed by atoms with Crippen LogP contribution >= 0.6 is 11.3 Å². The Morgan fingerprint density at radius 2 is 2.11 bits per heavy atom. The molecule has 2 rings (SSSR count). The zero-order valence-electron chi connectivity index (χ0n) is 11.0. The van der Waals surface area contributed by atoms with Gasteiger partial charge in [0.25, 0.3) is 0 Å². The summed E-state index contributed by atoms with van der Waals surface area (Å²) in [4.78, 5) is 18.3. The first-order chi connectivity index (χ1) is 8.65. The molecule has 1 fully saturated rings. The van der Waals surface area contributed by atoms with E-state index in [9.17, 15) is 4.79 Å². The summed E-state index contributed by atoms with van der Waals surface area (Å²) >= 11 is 1.32. The summed E-state index contributed by atoms with van der Waals surface area (Å²) in [6.07, 6.45) is 4.32. The highest BCUT2D eigenvalue weighted by molar-refractivity contribution is 7.17. The van der Waals surface area contributed by atoms with Gasteiger partial charge in [-0.3, -0.25) is 0 Å². The number of hydrogen-bond donors (Lipinski definition) is 1. The van der Waals surface area contributed by atoms with Crippen molar-refractivity contribution >= 4 is 22.4 Å². The lowest BCUT2D eigenvalue weighted by Gasteiger charge is -2.31. The second kappa shape index (κ2) is 5.69. The second-order valence-electron chi connectivity index (χ2n) is 4.77. The van der Waals surface area contributed by atoms with Gasteiger partial charge in [0.2, 0.25) is 0 Å². The van der Waals surface area contributed by atoms with E-state index in [1.54, 1.807) is 0 Å². The van der Waals surface area contributed by atoms with E-state index in [0.717, 1.165) is 29.8 Å². The Labute approximate surface area is 112 Å². The Morgan fingerprint density at radius 1 is 1.44 bits per heavy atom. The lowest BCUT2D eigenvalue weighted by molar-refractivity contribution is 0.0701. The minimum atomic E-state index is -0.848. The highest BCUT2D eigenvalue weighted by Crippen LogP contribution is 2.30. The molecule has 1 N–H and O–H groups in total. The Hall–Kier alpha value is -1.10. The topological polar surface area (TPSA) is 53.4 Å². The van der Waals surface area contributed by atoms with Crippen molar-refractivity contribution in [3.8, 4) is 0 Å². The molecule has 0 aromatic carbocycles. The maximum atomic E-state index is 11.1. The van der Waals surface area contributed by atoms with Crippen LogP contribution in [0.3, 0.4) is 0 Å². The Kier molecular flexibility index (Phi) is 4.22. The number of carboxylic acid groups (broad SMARTS) is 1. The van der Waals surface area contributed by atoms with Gasteiger partial charge in [0.15, 0.2) is 5.13 Å². The second-order valence-corrected chi connectivity index (χ2v) is 5.75. The van der Waals surface area contributed by atoms with Crippen molar-refractivity contribution in [1.29, 1.82) is 0 Å². The maximum absolute atomic E-state index is 11.1. The third-order valence-electron chi connectivity index (χ3n) is 3.68. The predicted octanol–water partition coefficient (Wildman–Crippen LogP) is 3.03. The van der Waals surface area contributed by atoms with Crippen LogP contribution in [0.5, 0.6) is 0 Å². The van der Waals surface area contributed by atoms with Crippen molar-refractivity contribution in [3.05, 3.63) is 10.6 Å². The molecule has 0 amide bonds. The molecule has 0 radical (unpaired) electrons. The molecule has 2 heterocycles. The molecule has 5 heteroatoms. The molecule has 0 saturated carbocycles. The third kappa shape index (κ3) is 2.66. The van der Waals surface area contributed by atoms with Crippen LogP contribution in [0.15, 0.2) is 0 Å². The van der Waals surface area contributed by atoms with Gasteiger partial charge in [0.05, 0.1) is 5.69 Å². The summed E-state index contributed by atoms with van der Waals surface area (Å²) in [5, 5.41) is 10.0. The molecule has 1 aliphatic rings. The molecule has 1 aliphatic heterocycles. The number of piperidine rings is 1. The lowest BCUT2D eigenvalue weighted by Crippen LogP contribution is -2.33. The fourth-order valence-corrected chi connectivity index (χ4v) is 3.46. The Morgan fingerprint density at radius 3 is 2.56 bits per heavy atom. The van der Waals surface area contributed by atoms with Gasteiger partial charge < -0.3 is 10.0 Å². The van der Waals surface area contributed by atoms with Crippen molar-refractivity contribution in [3.63, 3.8) is 0 Å². The van der Waals surface area contributed by atoms with E-state index in [-0.39, 0.29) is 0 Å². The zero-order chi connectivity index (χ0) is 13.1. The van der Waals surface area contributed by atoms with E-state index in [2.05, 4.69) is 16.8 Å². The van der Waals surface area contributed by atoms with Gasteiger partial charge in [-0.1, -0.05) is 31.6 Å². The van der Waals surface area contributed by atoms with Crippen molar-refractivity contribution in [1.82, 2.24) is 4.98 Å². The van der Waals surface area contributed by atoms with E-state index >= 15 is 0 Å². The van der Waals surface area contributed by atoms with Gasteiger partial charge in [-0.2, -0.15) is 0 Å². The van der Waals surface area contributed by atoms with Crippen LogP contribution in [0, 0.1) is 5.92 Å². The highest BCUT2D eigenvalue weighted by atomic mass is 32.1. The molecular formula is C13H20N2O2S. The molecule has 0 aliphatic carbocycles. The van der Waals surface area contributed by atoms with Crippen molar-refractivity contribution in [2.75, 3.05) is 18.0 Å². The van der Waals surface area contributed by atoms with Crippen LogP contribution in [-0.2, 0) is 6.42 Å². The predicted molar refractivity (Wildman–Crippen MR) is 73.7 cm³/mol.